The van der Waals surface area contributed by atoms with E-state index in [1.807, 2.05) is 84.2 Å². The van der Waals surface area contributed by atoms with Gasteiger partial charge in [0.1, 0.15) is 11.0 Å². The van der Waals surface area contributed by atoms with E-state index in [0.717, 1.165) is 27.4 Å². The Kier molecular flexibility index (Phi) is 8.77. The number of carbonyl (C=O) groups excluding carboxylic acids is 2. The molecule has 0 aliphatic heterocycles. The highest BCUT2D eigenvalue weighted by molar-refractivity contribution is 7.10. The van der Waals surface area contributed by atoms with Crippen molar-refractivity contribution in [1.82, 2.24) is 15.6 Å². The van der Waals surface area contributed by atoms with E-state index in [0.29, 0.717) is 23.6 Å². The number of benzene rings is 3. The number of nitrogen functional groups attached to an aromatic ring is 1. The summed E-state index contributed by atoms with van der Waals surface area (Å²) in [4.78, 5) is 30.4. The highest BCUT2D eigenvalue weighted by atomic mass is 35.5. The first-order chi connectivity index (χ1) is 17.9. The largest absolute Gasteiger partial charge is 0.453 e. The third-order valence-corrected chi connectivity index (χ3v) is 6.98. The number of thiazole rings is 1. The quantitative estimate of drug-likeness (QED) is 0.249. The van der Waals surface area contributed by atoms with Crippen LogP contribution in [0, 0.1) is 0 Å². The van der Waals surface area contributed by atoms with Crippen LogP contribution in [0.2, 0.25) is 5.02 Å². The lowest BCUT2D eigenvalue weighted by Crippen LogP contribution is -2.49. The van der Waals surface area contributed by atoms with Crippen LogP contribution in [0.1, 0.15) is 22.2 Å². The lowest BCUT2D eigenvalue weighted by atomic mass is 10.0. The maximum Gasteiger partial charge on any atom is 0.407 e. The average Bonchev–Trinajstić information content (AvgIpc) is 3.40. The van der Waals surface area contributed by atoms with Crippen molar-refractivity contribution in [3.05, 3.63) is 105 Å². The van der Waals surface area contributed by atoms with Crippen molar-refractivity contribution in [1.29, 1.82) is 0 Å². The van der Waals surface area contributed by atoms with Gasteiger partial charge in [-0.1, -0.05) is 66.2 Å². The molecule has 1 heterocycles. The molecule has 190 valence electrons. The standard InChI is InChI=1S/C28H27ClN4O3S/c1-36-28(35)33-23(15-18-5-3-2-4-6-18)26(34)31-24(16-19-7-13-22(30)14-8-19)27-32-25(17-37-27)20-9-11-21(29)12-10-20/h2-14,17,23-24H,15-16,30H2,1H3,(H,31,34)(H,33,35). The summed E-state index contributed by atoms with van der Waals surface area (Å²) in [6.45, 7) is 0. The molecule has 7 nitrogen and oxygen atoms in total. The smallest absolute Gasteiger partial charge is 0.407 e. The Morgan fingerprint density at radius 3 is 2.30 bits per heavy atom. The van der Waals surface area contributed by atoms with Gasteiger partial charge in [-0.05, 0) is 41.8 Å². The second kappa shape index (κ2) is 12.4. The van der Waals surface area contributed by atoms with Crippen LogP contribution in [-0.4, -0.2) is 30.1 Å². The summed E-state index contributed by atoms with van der Waals surface area (Å²) in [6, 6.07) is 23.2. The first-order valence-corrected chi connectivity index (χ1v) is 12.9. The van der Waals surface area contributed by atoms with Crippen molar-refractivity contribution in [2.75, 3.05) is 12.8 Å². The summed E-state index contributed by atoms with van der Waals surface area (Å²) in [5.74, 6) is -0.335. The van der Waals surface area contributed by atoms with Crippen LogP contribution in [0.4, 0.5) is 10.5 Å². The minimum atomic E-state index is -0.834. The Bertz CT molecular complexity index is 1330. The first-order valence-electron chi connectivity index (χ1n) is 11.7. The number of amides is 2. The fourth-order valence-corrected chi connectivity index (χ4v) is 4.83. The molecule has 4 N–H and O–H groups in total. The number of alkyl carbamates (subject to hydrolysis) is 1. The monoisotopic (exact) mass is 534 g/mol. The number of nitrogens with zero attached hydrogens (tertiary/aromatic N) is 1. The Hall–Kier alpha value is -3.88. The molecule has 0 radical (unpaired) electrons. The second-order valence-corrected chi connectivity index (χ2v) is 9.79. The van der Waals surface area contributed by atoms with Gasteiger partial charge in [-0.15, -0.1) is 11.3 Å². The van der Waals surface area contributed by atoms with E-state index in [-0.39, 0.29) is 5.91 Å². The summed E-state index contributed by atoms with van der Waals surface area (Å²) in [5, 5.41) is 9.11. The van der Waals surface area contributed by atoms with Crippen molar-refractivity contribution in [2.24, 2.45) is 0 Å². The van der Waals surface area contributed by atoms with E-state index in [1.165, 1.54) is 18.4 Å². The highest BCUT2D eigenvalue weighted by Gasteiger charge is 2.26. The Morgan fingerprint density at radius 2 is 1.62 bits per heavy atom. The average molecular weight is 535 g/mol. The van der Waals surface area contributed by atoms with E-state index in [4.69, 9.17) is 27.1 Å². The number of rotatable bonds is 9. The summed E-state index contributed by atoms with van der Waals surface area (Å²) < 4.78 is 4.76. The number of hydrogen-bond donors (Lipinski definition) is 3. The SMILES string of the molecule is COC(=O)NC(Cc1ccccc1)C(=O)NC(Cc1ccc(N)cc1)c1nc(-c2ccc(Cl)cc2)cs1. The molecule has 37 heavy (non-hydrogen) atoms. The molecule has 1 aromatic heterocycles. The number of nitrogens with two attached hydrogens (primary N) is 1. The predicted molar refractivity (Wildman–Crippen MR) is 147 cm³/mol. The normalized spacial score (nSPS) is 12.4. The number of ether oxygens (including phenoxy) is 1. The van der Waals surface area contributed by atoms with Crippen molar-refractivity contribution in [2.45, 2.75) is 24.9 Å². The summed E-state index contributed by atoms with van der Waals surface area (Å²) in [6.07, 6.45) is 0.130. The zero-order valence-corrected chi connectivity index (χ0v) is 21.8. The number of aromatic nitrogens is 1. The molecule has 0 bridgehead atoms. The maximum atomic E-state index is 13.5. The van der Waals surface area contributed by atoms with Crippen LogP contribution in [0.15, 0.2) is 84.2 Å². The summed E-state index contributed by atoms with van der Waals surface area (Å²) in [5.41, 5.74) is 10.1. The van der Waals surface area contributed by atoms with Crippen molar-refractivity contribution in [3.63, 3.8) is 0 Å². The number of hydrogen-bond acceptors (Lipinski definition) is 6. The number of carbonyl (C=O) groups is 2. The zero-order valence-electron chi connectivity index (χ0n) is 20.2. The second-order valence-electron chi connectivity index (χ2n) is 8.46. The van der Waals surface area contributed by atoms with Crippen LogP contribution in [-0.2, 0) is 22.4 Å². The van der Waals surface area contributed by atoms with Gasteiger partial charge in [0.25, 0.3) is 0 Å². The number of methoxy groups -OCH3 is 1. The molecule has 0 aliphatic rings. The highest BCUT2D eigenvalue weighted by Crippen LogP contribution is 2.28. The number of anilines is 1. The third-order valence-electron chi connectivity index (χ3n) is 5.77. The van der Waals surface area contributed by atoms with E-state index >= 15 is 0 Å². The Morgan fingerprint density at radius 1 is 0.946 bits per heavy atom. The fraction of sp³-hybridized carbons (Fsp3) is 0.179. The van der Waals surface area contributed by atoms with Gasteiger partial charge in [0, 0.05) is 28.1 Å². The molecule has 0 saturated heterocycles. The van der Waals surface area contributed by atoms with Crippen molar-refractivity contribution < 1.29 is 14.3 Å². The lowest BCUT2D eigenvalue weighted by molar-refractivity contribution is -0.123. The molecule has 2 amide bonds. The van der Waals surface area contributed by atoms with E-state index in [9.17, 15) is 9.59 Å². The lowest BCUT2D eigenvalue weighted by Gasteiger charge is -2.22. The van der Waals surface area contributed by atoms with Crippen LogP contribution >= 0.6 is 22.9 Å². The third kappa shape index (κ3) is 7.31. The topological polar surface area (TPSA) is 106 Å². The summed E-state index contributed by atoms with van der Waals surface area (Å²) >= 11 is 7.49. The van der Waals surface area contributed by atoms with Gasteiger partial charge < -0.3 is 21.1 Å². The molecule has 3 aromatic carbocycles. The molecular formula is C28H27ClN4O3S. The maximum absolute atomic E-state index is 13.5. The molecule has 0 spiro atoms. The zero-order chi connectivity index (χ0) is 26.2. The van der Waals surface area contributed by atoms with Crippen molar-refractivity contribution >= 4 is 40.6 Å². The van der Waals surface area contributed by atoms with Gasteiger partial charge in [-0.3, -0.25) is 4.79 Å². The molecule has 4 aromatic rings. The first kappa shape index (κ1) is 26.2. The number of nitrogens with one attached hydrogen (secondary N) is 2. The fourth-order valence-electron chi connectivity index (χ4n) is 3.82. The molecule has 2 atom stereocenters. The van der Waals surface area contributed by atoms with Crippen LogP contribution in [0.3, 0.4) is 0 Å². The van der Waals surface area contributed by atoms with Crippen molar-refractivity contribution in [3.8, 4) is 11.3 Å². The van der Waals surface area contributed by atoms with Gasteiger partial charge in [0.15, 0.2) is 0 Å². The molecule has 2 unspecified atom stereocenters. The minimum absolute atomic E-state index is 0.310. The molecule has 0 aliphatic carbocycles. The molecule has 0 fully saturated rings. The van der Waals surface area contributed by atoms with Gasteiger partial charge in [-0.25, -0.2) is 9.78 Å². The molecule has 4 rings (SSSR count). The molecular weight excluding hydrogens is 508 g/mol. The number of halogens is 1. The summed E-state index contributed by atoms with van der Waals surface area (Å²) in [7, 11) is 1.27. The minimum Gasteiger partial charge on any atom is -0.453 e. The van der Waals surface area contributed by atoms with Gasteiger partial charge in [-0.2, -0.15) is 0 Å². The van der Waals surface area contributed by atoms with Gasteiger partial charge in [0.05, 0.1) is 18.8 Å². The van der Waals surface area contributed by atoms with Gasteiger partial charge in [0.2, 0.25) is 5.91 Å². The van der Waals surface area contributed by atoms with E-state index in [2.05, 4.69) is 10.6 Å². The van der Waals surface area contributed by atoms with Crippen LogP contribution in [0.25, 0.3) is 11.3 Å². The van der Waals surface area contributed by atoms with E-state index < -0.39 is 18.2 Å². The van der Waals surface area contributed by atoms with E-state index in [1.54, 1.807) is 0 Å². The van der Waals surface area contributed by atoms with Crippen LogP contribution < -0.4 is 16.4 Å². The molecule has 9 heteroatoms. The molecule has 0 saturated carbocycles. The van der Waals surface area contributed by atoms with Gasteiger partial charge >= 0.3 is 6.09 Å². The predicted octanol–water partition coefficient (Wildman–Crippen LogP) is 5.41. The Balaban J connectivity index is 1.60. The van der Waals surface area contributed by atoms with Crippen LogP contribution in [0.5, 0.6) is 0 Å². The Labute approximate surface area is 224 Å².